The van der Waals surface area contributed by atoms with Gasteiger partial charge in [0.05, 0.1) is 11.6 Å². The van der Waals surface area contributed by atoms with Crippen molar-refractivity contribution in [3.63, 3.8) is 0 Å². The van der Waals surface area contributed by atoms with Crippen molar-refractivity contribution in [1.82, 2.24) is 4.90 Å². The smallest absolute Gasteiger partial charge is 0.410 e. The van der Waals surface area contributed by atoms with Crippen LogP contribution in [0.5, 0.6) is 0 Å². The van der Waals surface area contributed by atoms with Crippen molar-refractivity contribution in [2.24, 2.45) is 0 Å². The molecule has 0 bridgehead atoms. The van der Waals surface area contributed by atoms with Crippen LogP contribution in [0.1, 0.15) is 55.6 Å². The molecule has 2 heterocycles. The maximum atomic E-state index is 12.4. The van der Waals surface area contributed by atoms with Crippen molar-refractivity contribution in [3.05, 3.63) is 35.4 Å². The number of benzene rings is 1. The number of cyclic esters (lactones) is 1. The summed E-state index contributed by atoms with van der Waals surface area (Å²) in [4.78, 5) is 26.1. The lowest BCUT2D eigenvalue weighted by Crippen LogP contribution is -2.42. The van der Waals surface area contributed by atoms with E-state index in [2.05, 4.69) is 0 Å². The Morgan fingerprint density at radius 3 is 2.77 bits per heavy atom. The van der Waals surface area contributed by atoms with E-state index >= 15 is 0 Å². The van der Waals surface area contributed by atoms with Gasteiger partial charge in [-0.05, 0) is 39.7 Å². The Hall–Kier alpha value is -2.04. The molecule has 1 aromatic rings. The molecule has 0 aromatic heterocycles. The number of hydrogen-bond acceptors (Lipinski definition) is 4. The van der Waals surface area contributed by atoms with Crippen LogP contribution in [0, 0.1) is 0 Å². The Morgan fingerprint density at radius 2 is 2.05 bits per heavy atom. The van der Waals surface area contributed by atoms with Crippen molar-refractivity contribution < 1.29 is 19.1 Å². The van der Waals surface area contributed by atoms with Gasteiger partial charge in [-0.2, -0.15) is 0 Å². The number of ether oxygens (including phenoxy) is 2. The predicted octanol–water partition coefficient (Wildman–Crippen LogP) is 3.30. The van der Waals surface area contributed by atoms with Gasteiger partial charge in [0.1, 0.15) is 11.7 Å². The number of nitrogens with zero attached hydrogens (tertiary/aromatic N) is 1. The lowest BCUT2D eigenvalue weighted by molar-refractivity contribution is -0.00553. The van der Waals surface area contributed by atoms with Gasteiger partial charge in [0.15, 0.2) is 0 Å². The molecule has 118 valence electrons. The normalized spacial score (nSPS) is 24.1. The average molecular weight is 303 g/mol. The van der Waals surface area contributed by atoms with E-state index < -0.39 is 11.7 Å². The Bertz CT molecular complexity index is 605. The molecule has 0 aliphatic carbocycles. The molecule has 0 N–H and O–H groups in total. The topological polar surface area (TPSA) is 55.8 Å². The minimum atomic E-state index is -0.533. The van der Waals surface area contributed by atoms with Crippen molar-refractivity contribution in [2.75, 3.05) is 6.54 Å². The van der Waals surface area contributed by atoms with Gasteiger partial charge in [0, 0.05) is 12.1 Å². The number of hydrogen-bond donors (Lipinski definition) is 0. The minimum absolute atomic E-state index is 0.151. The van der Waals surface area contributed by atoms with Gasteiger partial charge < -0.3 is 14.4 Å². The van der Waals surface area contributed by atoms with E-state index in [1.807, 2.05) is 39.0 Å². The molecule has 2 aliphatic heterocycles. The number of rotatable bonds is 1. The van der Waals surface area contributed by atoms with Gasteiger partial charge in [-0.25, -0.2) is 9.59 Å². The van der Waals surface area contributed by atoms with Gasteiger partial charge in [0.2, 0.25) is 0 Å². The average Bonchev–Trinajstić information content (AvgIpc) is 3.02. The van der Waals surface area contributed by atoms with Crippen LogP contribution in [0.3, 0.4) is 0 Å². The van der Waals surface area contributed by atoms with Gasteiger partial charge in [0.25, 0.3) is 0 Å². The molecule has 0 unspecified atom stereocenters. The summed E-state index contributed by atoms with van der Waals surface area (Å²) in [5.41, 5.74) is 0.936. The van der Waals surface area contributed by atoms with E-state index in [0.29, 0.717) is 12.1 Å². The zero-order chi connectivity index (χ0) is 15.9. The highest BCUT2D eigenvalue weighted by atomic mass is 16.6. The second-order valence-electron chi connectivity index (χ2n) is 6.80. The first kappa shape index (κ1) is 14.9. The van der Waals surface area contributed by atoms with E-state index in [-0.39, 0.29) is 18.1 Å². The number of fused-ring (bicyclic) bond motifs is 1. The van der Waals surface area contributed by atoms with Crippen LogP contribution in [0.25, 0.3) is 0 Å². The summed E-state index contributed by atoms with van der Waals surface area (Å²) in [6.45, 7) is 6.18. The largest absolute Gasteiger partial charge is 0.452 e. The molecule has 3 rings (SSSR count). The van der Waals surface area contributed by atoms with E-state index in [1.165, 1.54) is 0 Å². The van der Waals surface area contributed by atoms with Crippen LogP contribution in [-0.4, -0.2) is 35.2 Å². The van der Waals surface area contributed by atoms with Crippen LogP contribution < -0.4 is 0 Å². The number of esters is 1. The van der Waals surface area contributed by atoms with Crippen LogP contribution in [0.15, 0.2) is 24.3 Å². The van der Waals surface area contributed by atoms with Gasteiger partial charge in [-0.1, -0.05) is 18.2 Å². The van der Waals surface area contributed by atoms with Crippen LogP contribution in [0.2, 0.25) is 0 Å². The number of amides is 1. The van der Waals surface area contributed by atoms with Crippen molar-refractivity contribution in [2.45, 2.75) is 51.4 Å². The zero-order valence-electron chi connectivity index (χ0n) is 13.2. The summed E-state index contributed by atoms with van der Waals surface area (Å²) in [6.07, 6.45) is 0.972. The van der Waals surface area contributed by atoms with Crippen molar-refractivity contribution in [3.8, 4) is 0 Å². The third-order valence-electron chi connectivity index (χ3n) is 4.00. The lowest BCUT2D eigenvalue weighted by atomic mass is 9.98. The highest BCUT2D eigenvalue weighted by Crippen LogP contribution is 2.39. The Balaban J connectivity index is 1.83. The van der Waals surface area contributed by atoms with Gasteiger partial charge in [-0.3, -0.25) is 0 Å². The van der Waals surface area contributed by atoms with Crippen LogP contribution in [-0.2, 0) is 9.47 Å². The number of carbonyl (C=O) groups is 2. The summed E-state index contributed by atoms with van der Waals surface area (Å²) in [6, 6.07) is 7.23. The highest BCUT2D eigenvalue weighted by Gasteiger charge is 2.43. The number of carbonyl (C=O) groups excluding carboxylic acids is 2. The second-order valence-corrected chi connectivity index (χ2v) is 6.80. The fourth-order valence-corrected chi connectivity index (χ4v) is 3.11. The van der Waals surface area contributed by atoms with E-state index in [9.17, 15) is 9.59 Å². The molecule has 0 radical (unpaired) electrons. The van der Waals surface area contributed by atoms with E-state index in [0.717, 1.165) is 18.4 Å². The Labute approximate surface area is 130 Å². The second kappa shape index (κ2) is 5.30. The fourth-order valence-electron chi connectivity index (χ4n) is 3.11. The minimum Gasteiger partial charge on any atom is -0.452 e. The Kier molecular flexibility index (Phi) is 3.59. The zero-order valence-corrected chi connectivity index (χ0v) is 13.2. The SMILES string of the molecule is CC(C)(C)OC(=O)N1CCC[C@@H]1[C@H]1OC(=O)c2ccccc21. The molecule has 22 heavy (non-hydrogen) atoms. The molecule has 1 amide bonds. The van der Waals surface area contributed by atoms with Crippen LogP contribution in [0.4, 0.5) is 4.79 Å². The fraction of sp³-hybridized carbons (Fsp3) is 0.529. The molecule has 5 heteroatoms. The summed E-state index contributed by atoms with van der Waals surface area (Å²) >= 11 is 0. The predicted molar refractivity (Wildman–Crippen MR) is 80.6 cm³/mol. The molecular weight excluding hydrogens is 282 g/mol. The molecule has 0 spiro atoms. The van der Waals surface area contributed by atoms with E-state index in [4.69, 9.17) is 9.47 Å². The third-order valence-corrected chi connectivity index (χ3v) is 4.00. The number of likely N-dealkylation sites (tertiary alicyclic amines) is 1. The molecule has 1 saturated heterocycles. The molecule has 2 aliphatic rings. The monoisotopic (exact) mass is 303 g/mol. The molecule has 1 fully saturated rings. The standard InChI is InChI=1S/C17H21NO4/c1-17(2,3)22-16(20)18-10-6-9-13(18)14-11-7-4-5-8-12(11)15(19)21-14/h4-5,7-8,13-14H,6,9-10H2,1-3H3/t13-,14+/m1/s1. The maximum Gasteiger partial charge on any atom is 0.410 e. The molecule has 5 nitrogen and oxygen atoms in total. The highest BCUT2D eigenvalue weighted by molar-refractivity contribution is 5.94. The lowest BCUT2D eigenvalue weighted by Gasteiger charge is -2.31. The van der Waals surface area contributed by atoms with E-state index in [1.54, 1.807) is 11.0 Å². The first-order chi connectivity index (χ1) is 10.4. The summed E-state index contributed by atoms with van der Waals surface area (Å²) in [5, 5.41) is 0. The van der Waals surface area contributed by atoms with Crippen molar-refractivity contribution >= 4 is 12.1 Å². The first-order valence-corrected chi connectivity index (χ1v) is 7.66. The maximum absolute atomic E-state index is 12.4. The third kappa shape index (κ3) is 2.67. The molecule has 1 aromatic carbocycles. The molecule has 2 atom stereocenters. The summed E-state index contributed by atoms with van der Waals surface area (Å²) < 4.78 is 11.0. The summed E-state index contributed by atoms with van der Waals surface area (Å²) in [5.74, 6) is -0.309. The van der Waals surface area contributed by atoms with Crippen molar-refractivity contribution in [1.29, 1.82) is 0 Å². The molecular formula is C17H21NO4. The molecule has 0 saturated carbocycles. The van der Waals surface area contributed by atoms with Gasteiger partial charge >= 0.3 is 12.1 Å². The first-order valence-electron chi connectivity index (χ1n) is 7.66. The van der Waals surface area contributed by atoms with Crippen LogP contribution >= 0.6 is 0 Å². The Morgan fingerprint density at radius 1 is 1.32 bits per heavy atom. The summed E-state index contributed by atoms with van der Waals surface area (Å²) in [7, 11) is 0. The van der Waals surface area contributed by atoms with Gasteiger partial charge in [-0.15, -0.1) is 0 Å². The quantitative estimate of drug-likeness (QED) is 0.747.